The van der Waals surface area contributed by atoms with Gasteiger partial charge < -0.3 is 10.6 Å². The van der Waals surface area contributed by atoms with Crippen LogP contribution < -0.4 is 16.0 Å². The maximum Gasteiger partial charge on any atom is 0.321 e. The Balaban J connectivity index is 1.28. The van der Waals surface area contributed by atoms with Crippen molar-refractivity contribution < 1.29 is 14.0 Å². The SMILES string of the molecule is O=C(CN1CCc2nc(NC(=O)NC3CCCC3)sc2C1)Nc1ccc(F)cc1. The molecule has 0 radical (unpaired) electrons. The summed E-state index contributed by atoms with van der Waals surface area (Å²) in [5.74, 6) is -0.475. The zero-order valence-corrected chi connectivity index (χ0v) is 16.9. The highest BCUT2D eigenvalue weighted by molar-refractivity contribution is 7.15. The van der Waals surface area contributed by atoms with E-state index in [4.69, 9.17) is 0 Å². The van der Waals surface area contributed by atoms with Crippen LogP contribution in [0.1, 0.15) is 36.3 Å². The van der Waals surface area contributed by atoms with Crippen LogP contribution >= 0.6 is 11.3 Å². The molecule has 1 saturated carbocycles. The number of urea groups is 1. The van der Waals surface area contributed by atoms with Gasteiger partial charge in [-0.3, -0.25) is 15.0 Å². The predicted molar refractivity (Wildman–Crippen MR) is 111 cm³/mol. The fourth-order valence-corrected chi connectivity index (χ4v) is 4.81. The van der Waals surface area contributed by atoms with E-state index in [1.165, 1.54) is 36.3 Å². The first kappa shape index (κ1) is 19.8. The topological polar surface area (TPSA) is 86.4 Å². The Morgan fingerprint density at radius 3 is 2.69 bits per heavy atom. The molecule has 9 heteroatoms. The van der Waals surface area contributed by atoms with Crippen molar-refractivity contribution in [2.45, 2.75) is 44.7 Å². The number of thiazole rings is 1. The molecule has 7 nitrogen and oxygen atoms in total. The summed E-state index contributed by atoms with van der Waals surface area (Å²) in [6.45, 7) is 1.59. The van der Waals surface area contributed by atoms with Gasteiger partial charge in [-0.15, -0.1) is 11.3 Å². The number of hydrogen-bond donors (Lipinski definition) is 3. The first-order valence-corrected chi connectivity index (χ1v) is 10.7. The lowest BCUT2D eigenvalue weighted by Crippen LogP contribution is -2.36. The molecule has 0 bridgehead atoms. The first-order valence-electron chi connectivity index (χ1n) is 9.89. The monoisotopic (exact) mass is 417 g/mol. The van der Waals surface area contributed by atoms with Gasteiger partial charge in [-0.1, -0.05) is 12.8 Å². The van der Waals surface area contributed by atoms with Crippen LogP contribution in [-0.2, 0) is 17.8 Å². The Labute approximate surface area is 172 Å². The number of benzene rings is 1. The summed E-state index contributed by atoms with van der Waals surface area (Å²) in [6.07, 6.45) is 5.15. The lowest BCUT2D eigenvalue weighted by atomic mass is 10.2. The summed E-state index contributed by atoms with van der Waals surface area (Å²) in [6, 6.07) is 5.78. The van der Waals surface area contributed by atoms with E-state index in [2.05, 4.69) is 20.9 Å². The minimum absolute atomic E-state index is 0.140. The van der Waals surface area contributed by atoms with Crippen molar-refractivity contribution in [2.75, 3.05) is 23.7 Å². The minimum atomic E-state index is -0.335. The van der Waals surface area contributed by atoms with Gasteiger partial charge in [0.2, 0.25) is 5.91 Å². The molecule has 0 saturated heterocycles. The normalized spacial score (nSPS) is 17.0. The lowest BCUT2D eigenvalue weighted by molar-refractivity contribution is -0.117. The van der Waals surface area contributed by atoms with Crippen molar-refractivity contribution in [1.29, 1.82) is 0 Å². The Bertz CT molecular complexity index is 879. The molecule has 4 rings (SSSR count). The molecule has 3 N–H and O–H groups in total. The number of halogens is 1. The molecular formula is C20H24FN5O2S. The van der Waals surface area contributed by atoms with Crippen LogP contribution in [0.4, 0.5) is 20.0 Å². The Morgan fingerprint density at radius 2 is 1.93 bits per heavy atom. The van der Waals surface area contributed by atoms with Gasteiger partial charge in [0.15, 0.2) is 5.13 Å². The van der Waals surface area contributed by atoms with Crippen molar-refractivity contribution in [1.82, 2.24) is 15.2 Å². The van der Waals surface area contributed by atoms with Gasteiger partial charge in [-0.05, 0) is 37.1 Å². The summed E-state index contributed by atoms with van der Waals surface area (Å²) in [7, 11) is 0. The molecule has 3 amide bonds. The Hall–Kier alpha value is -2.52. The third kappa shape index (κ3) is 5.30. The fraction of sp³-hybridized carbons (Fsp3) is 0.450. The molecule has 1 aromatic heterocycles. The highest BCUT2D eigenvalue weighted by atomic mass is 32.1. The standard InChI is InChI=1S/C20H24FN5O2S/c21-13-5-7-15(8-6-13)22-18(27)12-26-10-9-16-17(11-26)29-20(24-16)25-19(28)23-14-3-1-2-4-14/h5-8,14H,1-4,9-12H2,(H,22,27)(H2,23,24,25,28). The first-order chi connectivity index (χ1) is 14.0. The van der Waals surface area contributed by atoms with Gasteiger partial charge in [0.1, 0.15) is 5.82 Å². The van der Waals surface area contributed by atoms with E-state index in [0.29, 0.717) is 17.4 Å². The van der Waals surface area contributed by atoms with Crippen LogP contribution in [0.2, 0.25) is 0 Å². The number of nitrogens with zero attached hydrogens (tertiary/aromatic N) is 2. The predicted octanol–water partition coefficient (Wildman–Crippen LogP) is 3.34. The summed E-state index contributed by atoms with van der Waals surface area (Å²) < 4.78 is 13.0. The van der Waals surface area contributed by atoms with Crippen molar-refractivity contribution >= 4 is 34.1 Å². The van der Waals surface area contributed by atoms with Gasteiger partial charge in [0.25, 0.3) is 0 Å². The quantitative estimate of drug-likeness (QED) is 0.696. The highest BCUT2D eigenvalue weighted by Crippen LogP contribution is 2.28. The van der Waals surface area contributed by atoms with Gasteiger partial charge in [-0.25, -0.2) is 14.2 Å². The average molecular weight is 418 g/mol. The molecule has 29 heavy (non-hydrogen) atoms. The van der Waals surface area contributed by atoms with Crippen molar-refractivity contribution in [3.8, 4) is 0 Å². The number of amides is 3. The largest absolute Gasteiger partial charge is 0.335 e. The van der Waals surface area contributed by atoms with E-state index in [1.807, 2.05) is 4.90 Å². The molecule has 2 heterocycles. The van der Waals surface area contributed by atoms with E-state index in [9.17, 15) is 14.0 Å². The second-order valence-electron chi connectivity index (χ2n) is 7.48. The summed E-state index contributed by atoms with van der Waals surface area (Å²) in [5, 5.41) is 9.23. The maximum atomic E-state index is 13.0. The van der Waals surface area contributed by atoms with Crippen LogP contribution in [0.15, 0.2) is 24.3 Å². The van der Waals surface area contributed by atoms with Crippen LogP contribution in [0.3, 0.4) is 0 Å². The molecule has 0 unspecified atom stereocenters. The van der Waals surface area contributed by atoms with Crippen LogP contribution in [0.25, 0.3) is 0 Å². The third-order valence-corrected chi connectivity index (χ3v) is 6.21. The maximum absolute atomic E-state index is 13.0. The summed E-state index contributed by atoms with van der Waals surface area (Å²) in [5.41, 5.74) is 1.56. The number of anilines is 2. The van der Waals surface area contributed by atoms with E-state index in [0.717, 1.165) is 36.4 Å². The number of rotatable bonds is 5. The average Bonchev–Trinajstić information content (AvgIpc) is 3.32. The summed E-state index contributed by atoms with van der Waals surface area (Å²) in [4.78, 5) is 32.1. The smallest absolute Gasteiger partial charge is 0.321 e. The van der Waals surface area contributed by atoms with Crippen LogP contribution in [0, 0.1) is 5.82 Å². The molecule has 1 aliphatic heterocycles. The fourth-order valence-electron chi connectivity index (χ4n) is 3.76. The number of carbonyl (C=O) groups is 2. The van der Waals surface area contributed by atoms with E-state index >= 15 is 0 Å². The number of hydrogen-bond acceptors (Lipinski definition) is 5. The molecular weight excluding hydrogens is 393 g/mol. The van der Waals surface area contributed by atoms with Crippen LogP contribution in [-0.4, -0.2) is 41.0 Å². The molecule has 1 aliphatic carbocycles. The van der Waals surface area contributed by atoms with Crippen molar-refractivity contribution in [2.24, 2.45) is 0 Å². The van der Waals surface area contributed by atoms with Crippen LogP contribution in [0.5, 0.6) is 0 Å². The second-order valence-corrected chi connectivity index (χ2v) is 8.57. The van der Waals surface area contributed by atoms with Gasteiger partial charge in [0, 0.05) is 36.1 Å². The molecule has 1 aromatic carbocycles. The Morgan fingerprint density at radius 1 is 1.17 bits per heavy atom. The molecule has 2 aromatic rings. The molecule has 0 atom stereocenters. The zero-order valence-electron chi connectivity index (χ0n) is 16.0. The molecule has 1 fully saturated rings. The summed E-state index contributed by atoms with van der Waals surface area (Å²) >= 11 is 1.46. The van der Waals surface area contributed by atoms with E-state index < -0.39 is 0 Å². The number of nitrogens with one attached hydrogen (secondary N) is 3. The van der Waals surface area contributed by atoms with Crippen molar-refractivity contribution in [3.63, 3.8) is 0 Å². The Kier molecular flexibility index (Phi) is 6.05. The molecule has 0 spiro atoms. The van der Waals surface area contributed by atoms with Gasteiger partial charge in [0.05, 0.1) is 12.2 Å². The lowest BCUT2D eigenvalue weighted by Gasteiger charge is -2.25. The molecule has 154 valence electrons. The molecule has 2 aliphatic rings. The number of carbonyl (C=O) groups excluding carboxylic acids is 2. The van der Waals surface area contributed by atoms with E-state index in [1.54, 1.807) is 12.1 Å². The third-order valence-electron chi connectivity index (χ3n) is 5.22. The highest BCUT2D eigenvalue weighted by Gasteiger charge is 2.23. The van der Waals surface area contributed by atoms with Gasteiger partial charge in [-0.2, -0.15) is 0 Å². The van der Waals surface area contributed by atoms with Gasteiger partial charge >= 0.3 is 6.03 Å². The minimum Gasteiger partial charge on any atom is -0.335 e. The van der Waals surface area contributed by atoms with Crippen molar-refractivity contribution in [3.05, 3.63) is 40.7 Å². The second kappa shape index (κ2) is 8.87. The van der Waals surface area contributed by atoms with E-state index in [-0.39, 0.29) is 30.3 Å². The number of aromatic nitrogens is 1. The number of fused-ring (bicyclic) bond motifs is 1. The zero-order chi connectivity index (χ0) is 20.2.